The van der Waals surface area contributed by atoms with Crippen LogP contribution in [0.5, 0.6) is 0 Å². The normalized spacial score (nSPS) is 18.1. The summed E-state index contributed by atoms with van der Waals surface area (Å²) < 4.78 is 1.24. The smallest absolute Gasteiger partial charge is 0.258 e. The van der Waals surface area contributed by atoms with Gasteiger partial charge in [-0.05, 0) is 49.7 Å². The molecule has 28 heavy (non-hydrogen) atoms. The number of aromatic amines is 1. The summed E-state index contributed by atoms with van der Waals surface area (Å²) in [7, 11) is 0. The second kappa shape index (κ2) is 7.28. The number of nitrogens with zero attached hydrogens (tertiary/aromatic N) is 3. The largest absolute Gasteiger partial charge is 0.309 e. The number of piperidine rings is 1. The summed E-state index contributed by atoms with van der Waals surface area (Å²) in [5.41, 5.74) is 1.63. The van der Waals surface area contributed by atoms with Gasteiger partial charge in [-0.1, -0.05) is 23.7 Å². The summed E-state index contributed by atoms with van der Waals surface area (Å²) in [5, 5.41) is 2.28. The molecule has 0 spiro atoms. The Labute approximate surface area is 171 Å². The Balaban J connectivity index is 1.37. The summed E-state index contributed by atoms with van der Waals surface area (Å²) in [4.78, 5) is 27.2. The molecule has 1 aliphatic rings. The van der Waals surface area contributed by atoms with Gasteiger partial charge >= 0.3 is 0 Å². The number of thiazole rings is 1. The van der Waals surface area contributed by atoms with Crippen molar-refractivity contribution in [1.29, 1.82) is 0 Å². The molecule has 0 amide bonds. The minimum atomic E-state index is -0.137. The molecule has 1 fully saturated rings. The van der Waals surface area contributed by atoms with Gasteiger partial charge < -0.3 is 4.98 Å². The number of halogens is 1. The summed E-state index contributed by atoms with van der Waals surface area (Å²) in [5.74, 6) is 1.13. The second-order valence-corrected chi connectivity index (χ2v) is 8.77. The Morgan fingerprint density at radius 2 is 2.07 bits per heavy atom. The molecule has 1 atom stereocenters. The van der Waals surface area contributed by atoms with Crippen molar-refractivity contribution in [1.82, 2.24) is 19.9 Å². The van der Waals surface area contributed by atoms with Gasteiger partial charge in [-0.2, -0.15) is 0 Å². The molecule has 142 valence electrons. The lowest BCUT2D eigenvalue weighted by Gasteiger charge is -2.31. The van der Waals surface area contributed by atoms with Crippen molar-refractivity contribution in [2.24, 2.45) is 0 Å². The van der Waals surface area contributed by atoms with Crippen LogP contribution in [0, 0.1) is 0 Å². The van der Waals surface area contributed by atoms with Crippen molar-refractivity contribution in [3.63, 3.8) is 0 Å². The zero-order chi connectivity index (χ0) is 19.1. The van der Waals surface area contributed by atoms with E-state index in [1.165, 1.54) is 9.71 Å². The van der Waals surface area contributed by atoms with Gasteiger partial charge in [0.15, 0.2) is 0 Å². The number of fused-ring (bicyclic) bond motifs is 2. The van der Waals surface area contributed by atoms with Crippen LogP contribution in [0.3, 0.4) is 0 Å². The SMILES string of the molecule is O=c1[nH]c(CN2CCC[C@@H](c3nc4ccccc4s3)C2)nc2ccc(Cl)cc12. The molecule has 0 bridgehead atoms. The molecule has 2 aromatic heterocycles. The molecule has 7 heteroatoms. The molecule has 3 heterocycles. The van der Waals surface area contributed by atoms with Crippen LogP contribution in [0.1, 0.15) is 29.6 Å². The first-order valence-electron chi connectivity index (χ1n) is 9.42. The highest BCUT2D eigenvalue weighted by molar-refractivity contribution is 7.18. The van der Waals surface area contributed by atoms with Crippen LogP contribution in [0.15, 0.2) is 47.3 Å². The molecular weight excluding hydrogens is 392 g/mol. The van der Waals surface area contributed by atoms with Gasteiger partial charge in [0.05, 0.1) is 32.7 Å². The van der Waals surface area contributed by atoms with E-state index in [0.29, 0.717) is 34.2 Å². The van der Waals surface area contributed by atoms with Gasteiger partial charge in [-0.15, -0.1) is 11.3 Å². The van der Waals surface area contributed by atoms with E-state index in [9.17, 15) is 4.79 Å². The van der Waals surface area contributed by atoms with Crippen molar-refractivity contribution in [2.45, 2.75) is 25.3 Å². The molecule has 0 radical (unpaired) electrons. The Morgan fingerprint density at radius 1 is 1.18 bits per heavy atom. The molecule has 5 nitrogen and oxygen atoms in total. The summed E-state index contributed by atoms with van der Waals surface area (Å²) in [6, 6.07) is 13.5. The molecule has 1 saturated heterocycles. The van der Waals surface area contributed by atoms with Crippen LogP contribution in [0.4, 0.5) is 0 Å². The number of rotatable bonds is 3. The van der Waals surface area contributed by atoms with Gasteiger partial charge in [0.25, 0.3) is 5.56 Å². The lowest BCUT2D eigenvalue weighted by atomic mass is 9.99. The van der Waals surface area contributed by atoms with Gasteiger partial charge in [0, 0.05) is 17.5 Å². The highest BCUT2D eigenvalue weighted by Crippen LogP contribution is 2.33. The molecule has 1 N–H and O–H groups in total. The first kappa shape index (κ1) is 17.8. The van der Waals surface area contributed by atoms with E-state index < -0.39 is 0 Å². The third kappa shape index (κ3) is 3.43. The third-order valence-corrected chi connectivity index (χ3v) is 6.69. The fourth-order valence-corrected chi connectivity index (χ4v) is 5.18. The molecule has 2 aromatic carbocycles. The number of hydrogen-bond acceptors (Lipinski definition) is 5. The lowest BCUT2D eigenvalue weighted by molar-refractivity contribution is 0.196. The van der Waals surface area contributed by atoms with E-state index in [0.717, 1.165) is 31.4 Å². The van der Waals surface area contributed by atoms with Gasteiger partial charge in [0.1, 0.15) is 5.82 Å². The average Bonchev–Trinajstić information content (AvgIpc) is 3.13. The van der Waals surface area contributed by atoms with Crippen LogP contribution in [0.25, 0.3) is 21.1 Å². The van der Waals surface area contributed by atoms with Crippen LogP contribution >= 0.6 is 22.9 Å². The third-order valence-electron chi connectivity index (χ3n) is 5.26. The van der Waals surface area contributed by atoms with Gasteiger partial charge in [-0.3, -0.25) is 9.69 Å². The van der Waals surface area contributed by atoms with Crippen LogP contribution in [-0.4, -0.2) is 32.9 Å². The van der Waals surface area contributed by atoms with Crippen LogP contribution in [-0.2, 0) is 6.54 Å². The van der Waals surface area contributed by atoms with Crippen molar-refractivity contribution in [2.75, 3.05) is 13.1 Å². The first-order chi connectivity index (χ1) is 13.7. The number of H-pyrrole nitrogens is 1. The quantitative estimate of drug-likeness (QED) is 0.537. The summed E-state index contributed by atoms with van der Waals surface area (Å²) in [6.07, 6.45) is 2.27. The number of likely N-dealkylation sites (tertiary alicyclic amines) is 1. The Morgan fingerprint density at radius 3 is 2.96 bits per heavy atom. The van der Waals surface area contributed by atoms with E-state index in [1.807, 2.05) is 6.07 Å². The number of para-hydroxylation sites is 1. The van der Waals surface area contributed by atoms with Gasteiger partial charge in [0.2, 0.25) is 0 Å². The summed E-state index contributed by atoms with van der Waals surface area (Å²) >= 11 is 7.79. The fourth-order valence-electron chi connectivity index (χ4n) is 3.91. The molecule has 1 aliphatic heterocycles. The first-order valence-corrected chi connectivity index (χ1v) is 10.6. The van der Waals surface area contributed by atoms with E-state index in [-0.39, 0.29) is 5.56 Å². The zero-order valence-electron chi connectivity index (χ0n) is 15.2. The van der Waals surface area contributed by atoms with E-state index >= 15 is 0 Å². The van der Waals surface area contributed by atoms with Crippen LogP contribution in [0.2, 0.25) is 5.02 Å². The standard InChI is InChI=1S/C21H19ClN4OS/c22-14-7-8-16-15(10-14)20(27)25-19(23-16)12-26-9-3-4-13(11-26)21-24-17-5-1-2-6-18(17)28-21/h1-2,5-8,10,13H,3-4,9,11-12H2,(H,23,25,27)/t13-/m1/s1. The predicted octanol–water partition coefficient (Wildman–Crippen LogP) is 4.57. The maximum atomic E-state index is 12.4. The van der Waals surface area contributed by atoms with Crippen molar-refractivity contribution >= 4 is 44.1 Å². The molecule has 5 rings (SSSR count). The molecule has 4 aromatic rings. The van der Waals surface area contributed by atoms with Crippen molar-refractivity contribution < 1.29 is 0 Å². The molecule has 0 aliphatic carbocycles. The topological polar surface area (TPSA) is 61.9 Å². The fraction of sp³-hybridized carbons (Fsp3) is 0.286. The minimum Gasteiger partial charge on any atom is -0.309 e. The Hall–Kier alpha value is -2.28. The minimum absolute atomic E-state index is 0.137. The number of hydrogen-bond donors (Lipinski definition) is 1. The average molecular weight is 411 g/mol. The number of benzene rings is 2. The van der Waals surface area contributed by atoms with Crippen molar-refractivity contribution in [3.8, 4) is 0 Å². The number of nitrogens with one attached hydrogen (secondary N) is 1. The Kier molecular flexibility index (Phi) is 4.62. The van der Waals surface area contributed by atoms with E-state index in [2.05, 4.69) is 33.1 Å². The predicted molar refractivity (Wildman–Crippen MR) is 114 cm³/mol. The Bertz CT molecular complexity index is 1180. The zero-order valence-corrected chi connectivity index (χ0v) is 16.8. The van der Waals surface area contributed by atoms with E-state index in [4.69, 9.17) is 16.6 Å². The maximum absolute atomic E-state index is 12.4. The monoisotopic (exact) mass is 410 g/mol. The summed E-state index contributed by atoms with van der Waals surface area (Å²) in [6.45, 7) is 2.57. The maximum Gasteiger partial charge on any atom is 0.258 e. The molecule has 0 saturated carbocycles. The lowest BCUT2D eigenvalue weighted by Crippen LogP contribution is -2.35. The van der Waals surface area contributed by atoms with Crippen molar-refractivity contribution in [3.05, 3.63) is 68.7 Å². The van der Waals surface area contributed by atoms with Crippen LogP contribution < -0.4 is 5.56 Å². The molecular formula is C21H19ClN4OS. The molecule has 0 unspecified atom stereocenters. The van der Waals surface area contributed by atoms with E-state index in [1.54, 1.807) is 29.5 Å². The number of aromatic nitrogens is 3. The highest BCUT2D eigenvalue weighted by Gasteiger charge is 2.24. The van der Waals surface area contributed by atoms with Gasteiger partial charge in [-0.25, -0.2) is 9.97 Å². The second-order valence-electron chi connectivity index (χ2n) is 7.27. The highest BCUT2D eigenvalue weighted by atomic mass is 35.5.